The number of anilines is 1. The van der Waals surface area contributed by atoms with Crippen molar-refractivity contribution >= 4 is 32.5 Å². The van der Waals surface area contributed by atoms with Gasteiger partial charge < -0.3 is 5.43 Å². The summed E-state index contributed by atoms with van der Waals surface area (Å²) in [4.78, 5) is 4.11. The zero-order valence-corrected chi connectivity index (χ0v) is 8.38. The van der Waals surface area contributed by atoms with Gasteiger partial charge in [0.15, 0.2) is 0 Å². The predicted molar refractivity (Wildman–Crippen MR) is 57.3 cm³/mol. The predicted octanol–water partition coefficient (Wildman–Crippen LogP) is 2.28. The number of fused-ring (bicyclic) bond motifs is 1. The van der Waals surface area contributed by atoms with Crippen molar-refractivity contribution in [3.05, 3.63) is 34.9 Å². The lowest BCUT2D eigenvalue weighted by Gasteiger charge is -2.03. The molecular formula is C9H8BrN3. The first-order valence-electron chi connectivity index (χ1n) is 3.82. The smallest absolute Gasteiger partial charge is 0.147 e. The summed E-state index contributed by atoms with van der Waals surface area (Å²) in [5, 5.41) is 2.13. The van der Waals surface area contributed by atoms with Crippen LogP contribution in [0.3, 0.4) is 0 Å². The standard InChI is InChI=1S/C9H8BrN3/c10-7-2-1-6-3-4-12-9(13-11)8(6)5-7/h1-5H,11H2,(H,12,13). The van der Waals surface area contributed by atoms with Crippen LogP contribution in [-0.4, -0.2) is 4.98 Å². The van der Waals surface area contributed by atoms with E-state index in [-0.39, 0.29) is 0 Å². The molecule has 1 heterocycles. The highest BCUT2D eigenvalue weighted by molar-refractivity contribution is 9.10. The summed E-state index contributed by atoms with van der Waals surface area (Å²) >= 11 is 3.40. The molecule has 0 spiro atoms. The van der Waals surface area contributed by atoms with Crippen LogP contribution in [0.4, 0.5) is 5.82 Å². The summed E-state index contributed by atoms with van der Waals surface area (Å²) < 4.78 is 1.02. The van der Waals surface area contributed by atoms with Crippen molar-refractivity contribution in [2.24, 2.45) is 5.84 Å². The fraction of sp³-hybridized carbons (Fsp3) is 0. The summed E-state index contributed by atoms with van der Waals surface area (Å²) in [6.07, 6.45) is 1.73. The lowest BCUT2D eigenvalue weighted by atomic mass is 10.2. The molecule has 0 atom stereocenters. The number of halogens is 1. The number of nitrogens with two attached hydrogens (primary N) is 1. The summed E-state index contributed by atoms with van der Waals surface area (Å²) in [7, 11) is 0. The molecular weight excluding hydrogens is 230 g/mol. The Labute approximate surface area is 84.1 Å². The molecule has 0 aliphatic heterocycles. The molecule has 2 rings (SSSR count). The fourth-order valence-electron chi connectivity index (χ4n) is 1.26. The number of nitrogens with one attached hydrogen (secondary N) is 1. The molecule has 0 bridgehead atoms. The third-order valence-electron chi connectivity index (χ3n) is 1.86. The van der Waals surface area contributed by atoms with E-state index in [1.165, 1.54) is 0 Å². The average Bonchev–Trinajstić information content (AvgIpc) is 2.17. The van der Waals surface area contributed by atoms with Crippen molar-refractivity contribution < 1.29 is 0 Å². The van der Waals surface area contributed by atoms with Crippen LogP contribution in [0, 0.1) is 0 Å². The topological polar surface area (TPSA) is 50.9 Å². The van der Waals surface area contributed by atoms with Crippen LogP contribution in [0.1, 0.15) is 0 Å². The van der Waals surface area contributed by atoms with Crippen molar-refractivity contribution in [1.29, 1.82) is 0 Å². The van der Waals surface area contributed by atoms with Crippen LogP contribution in [0.5, 0.6) is 0 Å². The van der Waals surface area contributed by atoms with Gasteiger partial charge in [0.2, 0.25) is 0 Å². The molecule has 0 aliphatic carbocycles. The number of aromatic nitrogens is 1. The molecule has 1 aromatic heterocycles. The Morgan fingerprint density at radius 3 is 2.92 bits per heavy atom. The van der Waals surface area contributed by atoms with E-state index >= 15 is 0 Å². The van der Waals surface area contributed by atoms with E-state index in [0.717, 1.165) is 15.2 Å². The second kappa shape index (κ2) is 3.32. The van der Waals surface area contributed by atoms with Crippen LogP contribution in [0.2, 0.25) is 0 Å². The molecule has 3 nitrogen and oxygen atoms in total. The Hall–Kier alpha value is -1.13. The number of benzene rings is 1. The first kappa shape index (κ1) is 8.47. The van der Waals surface area contributed by atoms with Gasteiger partial charge in [-0.15, -0.1) is 0 Å². The molecule has 0 radical (unpaired) electrons. The molecule has 0 aliphatic rings. The van der Waals surface area contributed by atoms with Crippen LogP contribution in [0.15, 0.2) is 34.9 Å². The van der Waals surface area contributed by atoms with Crippen LogP contribution >= 0.6 is 15.9 Å². The molecule has 2 aromatic rings. The second-order valence-corrected chi connectivity index (χ2v) is 3.59. The quantitative estimate of drug-likeness (QED) is 0.591. The van der Waals surface area contributed by atoms with Crippen molar-refractivity contribution in [1.82, 2.24) is 4.98 Å². The van der Waals surface area contributed by atoms with Crippen LogP contribution < -0.4 is 11.3 Å². The lowest BCUT2D eigenvalue weighted by Crippen LogP contribution is -2.08. The van der Waals surface area contributed by atoms with Gasteiger partial charge in [0.25, 0.3) is 0 Å². The first-order valence-corrected chi connectivity index (χ1v) is 4.61. The SMILES string of the molecule is NNc1nccc2ccc(Br)cc12. The zero-order valence-electron chi connectivity index (χ0n) is 6.79. The Morgan fingerprint density at radius 1 is 1.31 bits per heavy atom. The molecule has 0 amide bonds. The van der Waals surface area contributed by atoms with Crippen molar-refractivity contribution in [3.63, 3.8) is 0 Å². The van der Waals surface area contributed by atoms with E-state index < -0.39 is 0 Å². The highest BCUT2D eigenvalue weighted by atomic mass is 79.9. The van der Waals surface area contributed by atoms with Crippen molar-refractivity contribution in [3.8, 4) is 0 Å². The molecule has 0 saturated carbocycles. The number of rotatable bonds is 1. The minimum atomic E-state index is 0.693. The summed E-state index contributed by atoms with van der Waals surface area (Å²) in [6.45, 7) is 0. The molecule has 4 heteroatoms. The first-order chi connectivity index (χ1) is 6.31. The van der Waals surface area contributed by atoms with Crippen molar-refractivity contribution in [2.45, 2.75) is 0 Å². The minimum absolute atomic E-state index is 0.693. The van der Waals surface area contributed by atoms with E-state index in [2.05, 4.69) is 26.3 Å². The number of hydrazine groups is 1. The van der Waals surface area contributed by atoms with E-state index in [9.17, 15) is 0 Å². The number of nitrogens with zero attached hydrogens (tertiary/aromatic N) is 1. The summed E-state index contributed by atoms with van der Waals surface area (Å²) in [6, 6.07) is 7.94. The monoisotopic (exact) mass is 237 g/mol. The van der Waals surface area contributed by atoms with Crippen LogP contribution in [0.25, 0.3) is 10.8 Å². The van der Waals surface area contributed by atoms with E-state index in [1.807, 2.05) is 24.3 Å². The Balaban J connectivity index is 2.79. The fourth-order valence-corrected chi connectivity index (χ4v) is 1.62. The zero-order chi connectivity index (χ0) is 9.26. The van der Waals surface area contributed by atoms with Gasteiger partial charge in [-0.1, -0.05) is 22.0 Å². The molecule has 0 fully saturated rings. The maximum atomic E-state index is 5.34. The van der Waals surface area contributed by atoms with Gasteiger partial charge >= 0.3 is 0 Å². The maximum absolute atomic E-state index is 5.34. The van der Waals surface area contributed by atoms with E-state index in [4.69, 9.17) is 5.84 Å². The highest BCUT2D eigenvalue weighted by Crippen LogP contribution is 2.23. The lowest BCUT2D eigenvalue weighted by molar-refractivity contribution is 1.25. The largest absolute Gasteiger partial charge is 0.308 e. The van der Waals surface area contributed by atoms with Crippen LogP contribution in [-0.2, 0) is 0 Å². The Morgan fingerprint density at radius 2 is 2.15 bits per heavy atom. The number of hydrogen-bond acceptors (Lipinski definition) is 3. The van der Waals surface area contributed by atoms with Crippen molar-refractivity contribution in [2.75, 3.05) is 5.43 Å². The molecule has 0 saturated heterocycles. The van der Waals surface area contributed by atoms with E-state index in [1.54, 1.807) is 6.20 Å². The maximum Gasteiger partial charge on any atom is 0.147 e. The summed E-state index contributed by atoms with van der Waals surface area (Å²) in [5.41, 5.74) is 2.57. The van der Waals surface area contributed by atoms with Gasteiger partial charge in [0, 0.05) is 16.1 Å². The van der Waals surface area contributed by atoms with Gasteiger partial charge in [-0.05, 0) is 23.6 Å². The van der Waals surface area contributed by atoms with Gasteiger partial charge in [-0.3, -0.25) is 0 Å². The number of nitrogen functional groups attached to an aromatic ring is 1. The molecule has 1 aromatic carbocycles. The molecule has 66 valence electrons. The Bertz CT molecular complexity index is 442. The third kappa shape index (κ3) is 1.50. The highest BCUT2D eigenvalue weighted by Gasteiger charge is 2.00. The molecule has 3 N–H and O–H groups in total. The van der Waals surface area contributed by atoms with Gasteiger partial charge in [-0.25, -0.2) is 10.8 Å². The van der Waals surface area contributed by atoms with Gasteiger partial charge in [0.05, 0.1) is 0 Å². The number of hydrogen-bond donors (Lipinski definition) is 2. The van der Waals surface area contributed by atoms with Gasteiger partial charge in [-0.2, -0.15) is 0 Å². The van der Waals surface area contributed by atoms with E-state index in [0.29, 0.717) is 5.82 Å². The number of pyridine rings is 1. The average molecular weight is 238 g/mol. The third-order valence-corrected chi connectivity index (χ3v) is 2.36. The molecule has 13 heavy (non-hydrogen) atoms. The Kier molecular flexibility index (Phi) is 2.16. The van der Waals surface area contributed by atoms with Gasteiger partial charge in [0.1, 0.15) is 5.82 Å². The molecule has 0 unspecified atom stereocenters. The summed E-state index contributed by atoms with van der Waals surface area (Å²) in [5.74, 6) is 6.03. The normalized spacial score (nSPS) is 10.3. The minimum Gasteiger partial charge on any atom is -0.308 e. The second-order valence-electron chi connectivity index (χ2n) is 2.67.